The third-order valence-corrected chi connectivity index (χ3v) is 5.26. The zero-order chi connectivity index (χ0) is 23.9. The first kappa shape index (κ1) is 23.1. The number of methoxy groups -OCH3 is 1. The maximum absolute atomic E-state index is 12.7. The summed E-state index contributed by atoms with van der Waals surface area (Å²) in [5, 5.41) is 6.77. The zero-order valence-corrected chi connectivity index (χ0v) is 19.1. The van der Waals surface area contributed by atoms with E-state index in [1.807, 2.05) is 31.2 Å². The van der Waals surface area contributed by atoms with E-state index in [0.29, 0.717) is 48.7 Å². The molecule has 0 aliphatic carbocycles. The number of aromatic nitrogens is 2. The topological polar surface area (TPSA) is 116 Å². The van der Waals surface area contributed by atoms with Crippen molar-refractivity contribution in [3.05, 3.63) is 48.4 Å². The molecule has 0 saturated heterocycles. The number of nitrogens with zero attached hydrogens (tertiary/aromatic N) is 3. The highest BCUT2D eigenvalue weighted by atomic mass is 16.6. The smallest absolute Gasteiger partial charge is 0.243 e. The molecule has 0 radical (unpaired) electrons. The lowest BCUT2D eigenvalue weighted by Crippen LogP contribution is -2.38. The summed E-state index contributed by atoms with van der Waals surface area (Å²) in [7, 11) is 1.60. The average Bonchev–Trinajstić information content (AvgIpc) is 3.35. The Morgan fingerprint density at radius 1 is 1.09 bits per heavy atom. The molecule has 1 aliphatic rings. The van der Waals surface area contributed by atoms with Crippen LogP contribution in [0, 0.1) is 0 Å². The molecule has 10 nitrogen and oxygen atoms in total. The van der Waals surface area contributed by atoms with Crippen LogP contribution in [0.15, 0.2) is 47.0 Å². The number of fused-ring (bicyclic) bond motifs is 1. The second-order valence-electron chi connectivity index (χ2n) is 7.55. The molecule has 0 fully saturated rings. The van der Waals surface area contributed by atoms with Crippen LogP contribution in [0.1, 0.15) is 19.2 Å². The summed E-state index contributed by atoms with van der Waals surface area (Å²) in [5.41, 5.74) is 1.36. The molecule has 1 aromatic heterocycles. The zero-order valence-electron chi connectivity index (χ0n) is 19.1. The fraction of sp³-hybridized carbons (Fsp3) is 0.333. The number of nitrogens with one attached hydrogen (secondary N) is 1. The lowest BCUT2D eigenvalue weighted by atomic mass is 10.2. The van der Waals surface area contributed by atoms with Gasteiger partial charge in [-0.3, -0.25) is 9.59 Å². The largest absolute Gasteiger partial charge is 0.497 e. The highest BCUT2D eigenvalue weighted by molar-refractivity contribution is 5.94. The Kier molecular flexibility index (Phi) is 7.26. The molecule has 0 bridgehead atoms. The van der Waals surface area contributed by atoms with E-state index in [9.17, 15) is 9.59 Å². The van der Waals surface area contributed by atoms with Crippen LogP contribution >= 0.6 is 0 Å². The van der Waals surface area contributed by atoms with Crippen molar-refractivity contribution in [2.24, 2.45) is 0 Å². The number of anilines is 1. The number of likely N-dealkylation sites (N-methyl/N-ethyl adjacent to an activating group) is 1. The van der Waals surface area contributed by atoms with Gasteiger partial charge in [0, 0.05) is 36.7 Å². The van der Waals surface area contributed by atoms with Crippen LogP contribution in [0.4, 0.5) is 5.69 Å². The van der Waals surface area contributed by atoms with Crippen LogP contribution < -0.4 is 19.5 Å². The van der Waals surface area contributed by atoms with E-state index < -0.39 is 0 Å². The SMILES string of the molecule is CCN(CC(=O)Nc1ccc2c(c1)OCCO2)C(=O)CCc1nc(-c2ccc(OC)cc2)no1. The van der Waals surface area contributed by atoms with Crippen molar-refractivity contribution in [3.8, 4) is 28.6 Å². The number of ether oxygens (including phenoxy) is 3. The fourth-order valence-corrected chi connectivity index (χ4v) is 3.46. The first-order chi connectivity index (χ1) is 16.6. The van der Waals surface area contributed by atoms with Crippen molar-refractivity contribution in [2.45, 2.75) is 19.8 Å². The number of rotatable bonds is 9. The second-order valence-corrected chi connectivity index (χ2v) is 7.55. The minimum atomic E-state index is -0.300. The van der Waals surface area contributed by atoms with Gasteiger partial charge in [-0.1, -0.05) is 5.16 Å². The second kappa shape index (κ2) is 10.7. The Hall–Kier alpha value is -4.08. The van der Waals surface area contributed by atoms with Gasteiger partial charge in [0.2, 0.25) is 23.5 Å². The summed E-state index contributed by atoms with van der Waals surface area (Å²) in [4.78, 5) is 31.0. The molecule has 2 heterocycles. The van der Waals surface area contributed by atoms with E-state index in [0.717, 1.165) is 11.3 Å². The molecule has 4 rings (SSSR count). The Morgan fingerprint density at radius 3 is 2.59 bits per heavy atom. The average molecular weight is 466 g/mol. The van der Waals surface area contributed by atoms with Crippen molar-refractivity contribution in [1.82, 2.24) is 15.0 Å². The molecule has 2 amide bonds. The monoisotopic (exact) mass is 466 g/mol. The van der Waals surface area contributed by atoms with E-state index in [1.54, 1.807) is 25.3 Å². The van der Waals surface area contributed by atoms with E-state index in [-0.39, 0.29) is 31.2 Å². The van der Waals surface area contributed by atoms with Crippen LogP contribution in [0.2, 0.25) is 0 Å². The highest BCUT2D eigenvalue weighted by Gasteiger charge is 2.19. The molecule has 178 valence electrons. The summed E-state index contributed by atoms with van der Waals surface area (Å²) >= 11 is 0. The maximum atomic E-state index is 12.7. The van der Waals surface area contributed by atoms with Gasteiger partial charge in [0.25, 0.3) is 0 Å². The van der Waals surface area contributed by atoms with Crippen molar-refractivity contribution in [2.75, 3.05) is 38.7 Å². The number of hydrogen-bond acceptors (Lipinski definition) is 8. The van der Waals surface area contributed by atoms with Gasteiger partial charge in [-0.05, 0) is 43.3 Å². The summed E-state index contributed by atoms with van der Waals surface area (Å²) in [6.45, 7) is 3.12. The van der Waals surface area contributed by atoms with Crippen LogP contribution in [-0.4, -0.2) is 60.3 Å². The van der Waals surface area contributed by atoms with Crippen molar-refractivity contribution in [1.29, 1.82) is 0 Å². The number of carbonyl (C=O) groups excluding carboxylic acids is 2. The predicted octanol–water partition coefficient (Wildman–Crippen LogP) is 2.94. The van der Waals surface area contributed by atoms with Gasteiger partial charge in [-0.15, -0.1) is 0 Å². The minimum absolute atomic E-state index is 0.0648. The molecule has 0 unspecified atom stereocenters. The van der Waals surface area contributed by atoms with Gasteiger partial charge in [-0.25, -0.2) is 0 Å². The van der Waals surface area contributed by atoms with Gasteiger partial charge in [0.1, 0.15) is 19.0 Å². The van der Waals surface area contributed by atoms with Gasteiger partial charge >= 0.3 is 0 Å². The van der Waals surface area contributed by atoms with Crippen LogP contribution in [0.5, 0.6) is 17.2 Å². The Labute approximate surface area is 196 Å². The quantitative estimate of drug-likeness (QED) is 0.512. The third kappa shape index (κ3) is 5.64. The van der Waals surface area contributed by atoms with E-state index in [1.165, 1.54) is 4.90 Å². The molecule has 0 spiro atoms. The predicted molar refractivity (Wildman–Crippen MR) is 123 cm³/mol. The van der Waals surface area contributed by atoms with E-state index in [4.69, 9.17) is 18.7 Å². The van der Waals surface area contributed by atoms with Crippen LogP contribution in [-0.2, 0) is 16.0 Å². The summed E-state index contributed by atoms with van der Waals surface area (Å²) in [6, 6.07) is 12.5. The number of benzene rings is 2. The molecule has 1 aliphatic heterocycles. The molecule has 2 aromatic carbocycles. The van der Waals surface area contributed by atoms with Crippen LogP contribution in [0.3, 0.4) is 0 Å². The highest BCUT2D eigenvalue weighted by Crippen LogP contribution is 2.32. The molecular formula is C24H26N4O6. The van der Waals surface area contributed by atoms with Crippen molar-refractivity contribution in [3.63, 3.8) is 0 Å². The molecule has 1 N–H and O–H groups in total. The molecular weight excluding hydrogens is 440 g/mol. The van der Waals surface area contributed by atoms with E-state index in [2.05, 4.69) is 15.5 Å². The van der Waals surface area contributed by atoms with E-state index >= 15 is 0 Å². The maximum Gasteiger partial charge on any atom is 0.243 e. The van der Waals surface area contributed by atoms with Crippen molar-refractivity contribution < 1.29 is 28.3 Å². The van der Waals surface area contributed by atoms with Gasteiger partial charge in [0.15, 0.2) is 11.5 Å². The number of amides is 2. The summed E-state index contributed by atoms with van der Waals surface area (Å²) < 4.78 is 21.4. The first-order valence-corrected chi connectivity index (χ1v) is 11.0. The molecule has 0 saturated carbocycles. The summed E-state index contributed by atoms with van der Waals surface area (Å²) in [6.07, 6.45) is 0.428. The van der Waals surface area contributed by atoms with Gasteiger partial charge < -0.3 is 29.0 Å². The third-order valence-electron chi connectivity index (χ3n) is 5.26. The molecule has 10 heteroatoms. The number of carbonyl (C=O) groups is 2. The van der Waals surface area contributed by atoms with Crippen LogP contribution in [0.25, 0.3) is 11.4 Å². The number of aryl methyl sites for hydroxylation is 1. The molecule has 0 atom stereocenters. The standard InChI is InChI=1S/C24H26N4O6/c1-3-28(15-21(29)25-17-6-9-19-20(14-17)33-13-12-32-19)23(30)11-10-22-26-24(27-34-22)16-4-7-18(31-2)8-5-16/h4-9,14H,3,10-13,15H2,1-2H3,(H,25,29). The first-order valence-electron chi connectivity index (χ1n) is 11.0. The van der Waals surface area contributed by atoms with Gasteiger partial charge in [-0.2, -0.15) is 4.98 Å². The Bertz CT molecular complexity index is 1140. The Morgan fingerprint density at radius 2 is 1.85 bits per heavy atom. The number of hydrogen-bond donors (Lipinski definition) is 1. The lowest BCUT2D eigenvalue weighted by Gasteiger charge is -2.21. The minimum Gasteiger partial charge on any atom is -0.497 e. The molecule has 3 aromatic rings. The Balaban J connectivity index is 1.29. The van der Waals surface area contributed by atoms with Crippen molar-refractivity contribution >= 4 is 17.5 Å². The fourth-order valence-electron chi connectivity index (χ4n) is 3.46. The lowest BCUT2D eigenvalue weighted by molar-refractivity contribution is -0.134. The van der Waals surface area contributed by atoms with Gasteiger partial charge in [0.05, 0.1) is 13.7 Å². The normalized spacial score (nSPS) is 12.2. The molecule has 34 heavy (non-hydrogen) atoms. The summed E-state index contributed by atoms with van der Waals surface area (Å²) in [5.74, 6) is 2.28.